The number of carboxylic acid groups (broad SMARTS) is 1. The molecule has 0 aliphatic heterocycles. The van der Waals surface area contributed by atoms with Gasteiger partial charge in [0.25, 0.3) is 0 Å². The second-order valence-corrected chi connectivity index (χ2v) is 5.85. The van der Waals surface area contributed by atoms with Crippen LogP contribution in [0.1, 0.15) is 41.6 Å². The van der Waals surface area contributed by atoms with E-state index in [-0.39, 0.29) is 11.6 Å². The molecule has 0 spiro atoms. The van der Waals surface area contributed by atoms with Crippen LogP contribution in [0.15, 0.2) is 0 Å². The Morgan fingerprint density at radius 3 is 2.47 bits per heavy atom. The predicted molar refractivity (Wildman–Crippen MR) is 77.3 cm³/mol. The number of aromatic carboxylic acids is 1. The number of nitrogens with one attached hydrogen (secondary N) is 2. The predicted octanol–water partition coefficient (Wildman–Crippen LogP) is 3.09. The average Bonchev–Trinajstić information content (AvgIpc) is 2.62. The van der Waals surface area contributed by atoms with E-state index in [0.29, 0.717) is 17.5 Å². The fourth-order valence-electron chi connectivity index (χ4n) is 1.69. The maximum absolute atomic E-state index is 11.7. The summed E-state index contributed by atoms with van der Waals surface area (Å²) in [6.45, 7) is 8.28. The van der Waals surface area contributed by atoms with E-state index in [1.165, 1.54) is 11.3 Å². The number of carbonyl (C=O) groups excluding carboxylic acids is 1. The van der Waals surface area contributed by atoms with E-state index in [1.807, 2.05) is 20.8 Å². The average molecular weight is 284 g/mol. The zero-order valence-electron chi connectivity index (χ0n) is 11.7. The second-order valence-electron chi connectivity index (χ2n) is 4.74. The lowest BCUT2D eigenvalue weighted by atomic mass is 10.1. The molecule has 1 heterocycles. The Morgan fingerprint density at radius 2 is 2.00 bits per heavy atom. The number of anilines is 1. The molecule has 0 radical (unpaired) electrons. The first-order valence-electron chi connectivity index (χ1n) is 6.27. The van der Waals surface area contributed by atoms with Crippen molar-refractivity contribution in [3.05, 3.63) is 16.0 Å². The first-order valence-corrected chi connectivity index (χ1v) is 7.08. The number of hydrogen-bond donors (Lipinski definition) is 3. The van der Waals surface area contributed by atoms with Crippen LogP contribution in [0, 0.1) is 12.8 Å². The lowest BCUT2D eigenvalue weighted by molar-refractivity contribution is 0.0697. The third-order valence-electron chi connectivity index (χ3n) is 2.68. The van der Waals surface area contributed by atoms with Gasteiger partial charge in [0.05, 0.1) is 5.56 Å². The highest BCUT2D eigenvalue weighted by Gasteiger charge is 2.21. The van der Waals surface area contributed by atoms with Gasteiger partial charge in [-0.1, -0.05) is 20.8 Å². The topological polar surface area (TPSA) is 78.4 Å². The van der Waals surface area contributed by atoms with Crippen LogP contribution in [-0.2, 0) is 6.42 Å². The Kier molecular flexibility index (Phi) is 5.35. The third-order valence-corrected chi connectivity index (χ3v) is 4.03. The SMILES string of the molecule is CCc1sc(NC(=O)NCC(C)C)c(C(=O)O)c1C. The lowest BCUT2D eigenvalue weighted by Crippen LogP contribution is -2.31. The van der Waals surface area contributed by atoms with E-state index >= 15 is 0 Å². The largest absolute Gasteiger partial charge is 0.478 e. The smallest absolute Gasteiger partial charge is 0.338 e. The van der Waals surface area contributed by atoms with Crippen molar-refractivity contribution in [3.63, 3.8) is 0 Å². The van der Waals surface area contributed by atoms with Gasteiger partial charge in [0.1, 0.15) is 5.00 Å². The molecule has 5 nitrogen and oxygen atoms in total. The highest BCUT2D eigenvalue weighted by molar-refractivity contribution is 7.16. The Hall–Kier alpha value is -1.56. The molecule has 0 fully saturated rings. The summed E-state index contributed by atoms with van der Waals surface area (Å²) < 4.78 is 0. The van der Waals surface area contributed by atoms with Crippen LogP contribution < -0.4 is 10.6 Å². The zero-order chi connectivity index (χ0) is 14.6. The van der Waals surface area contributed by atoms with Gasteiger partial charge < -0.3 is 10.4 Å². The van der Waals surface area contributed by atoms with E-state index in [2.05, 4.69) is 10.6 Å². The Balaban J connectivity index is 2.88. The maximum Gasteiger partial charge on any atom is 0.338 e. The molecule has 0 saturated heterocycles. The standard InChI is InChI=1S/C13H20N2O3S/c1-5-9-8(4)10(12(16)17)11(19-9)15-13(18)14-6-7(2)3/h7H,5-6H2,1-4H3,(H,16,17)(H2,14,15,18). The van der Waals surface area contributed by atoms with Crippen molar-refractivity contribution in [3.8, 4) is 0 Å². The van der Waals surface area contributed by atoms with Gasteiger partial charge in [0.2, 0.25) is 0 Å². The molecule has 3 N–H and O–H groups in total. The Bertz CT molecular complexity index is 480. The number of thiophene rings is 1. The highest BCUT2D eigenvalue weighted by atomic mass is 32.1. The summed E-state index contributed by atoms with van der Waals surface area (Å²) in [6, 6.07) is -0.361. The number of carbonyl (C=O) groups is 2. The monoisotopic (exact) mass is 284 g/mol. The molecule has 0 bridgehead atoms. The van der Waals surface area contributed by atoms with Crippen molar-refractivity contribution in [1.82, 2.24) is 5.32 Å². The van der Waals surface area contributed by atoms with Gasteiger partial charge in [-0.3, -0.25) is 5.32 Å². The van der Waals surface area contributed by atoms with Crippen molar-refractivity contribution in [1.29, 1.82) is 0 Å². The molecular weight excluding hydrogens is 264 g/mol. The summed E-state index contributed by atoms with van der Waals surface area (Å²) in [6.07, 6.45) is 0.756. The van der Waals surface area contributed by atoms with Gasteiger partial charge in [0.15, 0.2) is 0 Å². The molecule has 106 valence electrons. The molecule has 0 aliphatic carbocycles. The summed E-state index contributed by atoms with van der Waals surface area (Å²) >= 11 is 1.32. The van der Waals surface area contributed by atoms with E-state index in [0.717, 1.165) is 16.9 Å². The van der Waals surface area contributed by atoms with E-state index in [4.69, 9.17) is 0 Å². The number of urea groups is 1. The van der Waals surface area contributed by atoms with Crippen LogP contribution in [-0.4, -0.2) is 23.7 Å². The summed E-state index contributed by atoms with van der Waals surface area (Å²) in [5, 5.41) is 15.0. The van der Waals surface area contributed by atoms with Crippen molar-refractivity contribution in [2.24, 2.45) is 5.92 Å². The van der Waals surface area contributed by atoms with E-state index in [1.54, 1.807) is 6.92 Å². The molecule has 1 rings (SSSR count). The minimum absolute atomic E-state index is 0.196. The molecule has 0 aromatic carbocycles. The second kappa shape index (κ2) is 6.56. The minimum Gasteiger partial charge on any atom is -0.478 e. The normalized spacial score (nSPS) is 10.6. The molecule has 0 unspecified atom stereocenters. The van der Waals surface area contributed by atoms with Gasteiger partial charge in [0, 0.05) is 11.4 Å². The molecule has 6 heteroatoms. The number of aryl methyl sites for hydroxylation is 1. The molecular formula is C13H20N2O3S. The number of amides is 2. The molecule has 0 saturated carbocycles. The number of carboxylic acids is 1. The maximum atomic E-state index is 11.7. The van der Waals surface area contributed by atoms with Crippen LogP contribution in [0.2, 0.25) is 0 Å². The van der Waals surface area contributed by atoms with Crippen LogP contribution in [0.4, 0.5) is 9.80 Å². The first-order chi connectivity index (χ1) is 8.86. The summed E-state index contributed by atoms with van der Waals surface area (Å²) in [5.74, 6) is -0.659. The fourth-order valence-corrected chi connectivity index (χ4v) is 2.82. The first kappa shape index (κ1) is 15.5. The van der Waals surface area contributed by atoms with Gasteiger partial charge in [-0.25, -0.2) is 9.59 Å². The molecule has 19 heavy (non-hydrogen) atoms. The van der Waals surface area contributed by atoms with Crippen LogP contribution in [0.5, 0.6) is 0 Å². The van der Waals surface area contributed by atoms with Crippen LogP contribution in [0.3, 0.4) is 0 Å². The van der Waals surface area contributed by atoms with Crippen molar-refractivity contribution < 1.29 is 14.7 Å². The minimum atomic E-state index is -1.01. The molecule has 1 aromatic heterocycles. The van der Waals surface area contributed by atoms with E-state index in [9.17, 15) is 14.7 Å². The molecule has 1 aromatic rings. The lowest BCUT2D eigenvalue weighted by Gasteiger charge is -2.08. The number of hydrogen-bond acceptors (Lipinski definition) is 3. The summed E-state index contributed by atoms with van der Waals surface area (Å²) in [7, 11) is 0. The van der Waals surface area contributed by atoms with Gasteiger partial charge in [-0.05, 0) is 24.8 Å². The highest BCUT2D eigenvalue weighted by Crippen LogP contribution is 2.33. The Morgan fingerprint density at radius 1 is 1.37 bits per heavy atom. The third kappa shape index (κ3) is 3.96. The van der Waals surface area contributed by atoms with Crippen LogP contribution >= 0.6 is 11.3 Å². The zero-order valence-corrected chi connectivity index (χ0v) is 12.5. The molecule has 0 atom stereocenters. The van der Waals surface area contributed by atoms with Crippen LogP contribution in [0.25, 0.3) is 0 Å². The quantitative estimate of drug-likeness (QED) is 0.777. The summed E-state index contributed by atoms with van der Waals surface area (Å²) in [5.41, 5.74) is 0.931. The molecule has 2 amide bonds. The van der Waals surface area contributed by atoms with Crippen molar-refractivity contribution >= 4 is 28.3 Å². The van der Waals surface area contributed by atoms with E-state index < -0.39 is 5.97 Å². The van der Waals surface area contributed by atoms with Gasteiger partial charge >= 0.3 is 12.0 Å². The number of rotatable bonds is 5. The Labute approximate surface area is 117 Å². The van der Waals surface area contributed by atoms with Gasteiger partial charge in [-0.15, -0.1) is 11.3 Å². The molecule has 0 aliphatic rings. The summed E-state index contributed by atoms with van der Waals surface area (Å²) in [4.78, 5) is 23.9. The van der Waals surface area contributed by atoms with Gasteiger partial charge in [-0.2, -0.15) is 0 Å². The van der Waals surface area contributed by atoms with Crippen molar-refractivity contribution in [2.45, 2.75) is 34.1 Å². The fraction of sp³-hybridized carbons (Fsp3) is 0.538. The van der Waals surface area contributed by atoms with Crippen molar-refractivity contribution in [2.75, 3.05) is 11.9 Å².